The van der Waals surface area contributed by atoms with Gasteiger partial charge in [0.1, 0.15) is 12.4 Å². The Balaban J connectivity index is 2.05. The minimum Gasteiger partial charge on any atom is -0.671 e. The maximum Gasteiger partial charge on any atom is 0.272 e. The van der Waals surface area contributed by atoms with E-state index in [1.165, 1.54) is 6.07 Å². The highest BCUT2D eigenvalue weighted by molar-refractivity contribution is 6.36. The Morgan fingerprint density at radius 2 is 2.00 bits per heavy atom. The summed E-state index contributed by atoms with van der Waals surface area (Å²) in [5, 5.41) is 0.611. The molecule has 0 aliphatic heterocycles. The number of fused-ring (bicyclic) bond motifs is 1. The zero-order valence-corrected chi connectivity index (χ0v) is 13.6. The molecule has 2 aromatic rings. The van der Waals surface area contributed by atoms with Gasteiger partial charge in [0.25, 0.3) is 6.43 Å². The van der Waals surface area contributed by atoms with Gasteiger partial charge in [-0.3, -0.25) is 0 Å². The van der Waals surface area contributed by atoms with Crippen LogP contribution in [-0.4, -0.2) is 13.0 Å². The zero-order valence-electron chi connectivity index (χ0n) is 12.1. The fraction of sp³-hybridized carbons (Fsp3) is 0.294. The Morgan fingerprint density at radius 1 is 1.22 bits per heavy atom. The molecule has 0 saturated carbocycles. The monoisotopic (exact) mass is 356 g/mol. The summed E-state index contributed by atoms with van der Waals surface area (Å²) < 4.78 is 30.1. The quantitative estimate of drug-likeness (QED) is 0.628. The van der Waals surface area contributed by atoms with Crippen molar-refractivity contribution in [1.82, 2.24) is 0 Å². The average Bonchev–Trinajstić information content (AvgIpc) is 2.86. The molecule has 0 radical (unpaired) electrons. The van der Waals surface area contributed by atoms with Crippen LogP contribution in [0.25, 0.3) is 16.9 Å². The number of benzene rings is 2. The highest BCUT2D eigenvalue weighted by atomic mass is 35.5. The summed E-state index contributed by atoms with van der Waals surface area (Å²) in [4.78, 5) is 0. The van der Waals surface area contributed by atoms with Gasteiger partial charge < -0.3 is 10.5 Å². The van der Waals surface area contributed by atoms with E-state index in [0.29, 0.717) is 10.6 Å². The Kier molecular flexibility index (Phi) is 4.76. The van der Waals surface area contributed by atoms with E-state index in [2.05, 4.69) is 0 Å². The van der Waals surface area contributed by atoms with Crippen LogP contribution in [0.3, 0.4) is 0 Å². The van der Waals surface area contributed by atoms with Crippen molar-refractivity contribution in [3.8, 4) is 16.9 Å². The lowest BCUT2D eigenvalue weighted by Gasteiger charge is -2.16. The molecule has 0 heterocycles. The van der Waals surface area contributed by atoms with E-state index >= 15 is 0 Å². The SMILES string of the molecule is [NH-]C1CCc2cc(-c3cc(Cl)cc(Cl)c3OCC(F)F)ccc21. The molecule has 0 amide bonds. The van der Waals surface area contributed by atoms with Crippen LogP contribution in [0, 0.1) is 0 Å². The molecule has 0 spiro atoms. The van der Waals surface area contributed by atoms with Gasteiger partial charge in [-0.25, -0.2) is 8.78 Å². The van der Waals surface area contributed by atoms with Crippen LogP contribution >= 0.6 is 23.2 Å². The van der Waals surface area contributed by atoms with Crippen LogP contribution in [-0.2, 0) is 6.42 Å². The second-order valence-electron chi connectivity index (χ2n) is 5.47. The van der Waals surface area contributed by atoms with Gasteiger partial charge >= 0.3 is 0 Å². The summed E-state index contributed by atoms with van der Waals surface area (Å²) in [6.45, 7) is -0.728. The van der Waals surface area contributed by atoms with Gasteiger partial charge in [-0.05, 0) is 29.7 Å². The summed E-state index contributed by atoms with van der Waals surface area (Å²) in [6, 6.07) is 8.64. The van der Waals surface area contributed by atoms with E-state index in [-0.39, 0.29) is 16.8 Å². The van der Waals surface area contributed by atoms with Crippen molar-refractivity contribution < 1.29 is 13.5 Å². The highest BCUT2D eigenvalue weighted by Crippen LogP contribution is 2.42. The Bertz CT molecular complexity index is 737. The van der Waals surface area contributed by atoms with Crippen LogP contribution in [0.1, 0.15) is 23.6 Å². The van der Waals surface area contributed by atoms with Crippen molar-refractivity contribution in [3.63, 3.8) is 0 Å². The molecule has 1 unspecified atom stereocenters. The topological polar surface area (TPSA) is 33.0 Å². The first-order valence-electron chi connectivity index (χ1n) is 7.20. The molecule has 1 aliphatic carbocycles. The molecule has 1 atom stereocenters. The number of rotatable bonds is 4. The van der Waals surface area contributed by atoms with Gasteiger partial charge in [-0.15, -0.1) is 6.04 Å². The van der Waals surface area contributed by atoms with E-state index in [1.54, 1.807) is 6.07 Å². The lowest BCUT2D eigenvalue weighted by molar-refractivity contribution is 0.0822. The van der Waals surface area contributed by atoms with E-state index < -0.39 is 13.0 Å². The molecule has 1 N–H and O–H groups in total. The largest absolute Gasteiger partial charge is 0.671 e. The van der Waals surface area contributed by atoms with Crippen molar-refractivity contribution in [2.45, 2.75) is 25.3 Å². The highest BCUT2D eigenvalue weighted by Gasteiger charge is 2.18. The minimum atomic E-state index is -2.58. The van der Waals surface area contributed by atoms with Crippen molar-refractivity contribution in [3.05, 3.63) is 57.2 Å². The predicted molar refractivity (Wildman–Crippen MR) is 88.8 cm³/mol. The second kappa shape index (κ2) is 6.63. The molecular weight excluding hydrogens is 343 g/mol. The van der Waals surface area contributed by atoms with Gasteiger partial charge in [0.2, 0.25) is 0 Å². The number of ether oxygens (including phenoxy) is 1. The lowest BCUT2D eigenvalue weighted by Crippen LogP contribution is -2.08. The van der Waals surface area contributed by atoms with E-state index in [9.17, 15) is 8.78 Å². The minimum absolute atomic E-state index is 0.198. The van der Waals surface area contributed by atoms with Crippen molar-refractivity contribution in [2.24, 2.45) is 0 Å². The Labute approximate surface area is 143 Å². The number of hydrogen-bond acceptors (Lipinski definition) is 1. The number of aryl methyl sites for hydroxylation is 1. The van der Waals surface area contributed by atoms with Crippen LogP contribution < -0.4 is 4.74 Å². The summed E-state index contributed by atoms with van der Waals surface area (Å²) in [7, 11) is 0. The normalized spacial score (nSPS) is 16.7. The molecule has 0 bridgehead atoms. The number of nitrogens with one attached hydrogen (secondary N) is 1. The molecule has 0 saturated heterocycles. The Morgan fingerprint density at radius 3 is 2.74 bits per heavy atom. The molecule has 0 aromatic heterocycles. The number of hydrogen-bond donors (Lipinski definition) is 0. The second-order valence-corrected chi connectivity index (χ2v) is 6.31. The molecule has 3 rings (SSSR count). The maximum absolute atomic E-state index is 12.5. The van der Waals surface area contributed by atoms with E-state index in [4.69, 9.17) is 33.7 Å². The lowest BCUT2D eigenvalue weighted by atomic mass is 9.99. The molecule has 1 aliphatic rings. The first-order chi connectivity index (χ1) is 11.0. The summed E-state index contributed by atoms with van der Waals surface area (Å²) >= 11 is 12.2. The fourth-order valence-corrected chi connectivity index (χ4v) is 3.40. The van der Waals surface area contributed by atoms with Crippen LogP contribution in [0.5, 0.6) is 5.75 Å². The van der Waals surface area contributed by atoms with Gasteiger partial charge in [0.05, 0.1) is 5.02 Å². The first kappa shape index (κ1) is 16.5. The molecule has 23 heavy (non-hydrogen) atoms. The molecule has 122 valence electrons. The standard InChI is InChI=1S/C17H14Cl2F2NO/c18-11-6-13(17(14(19)7-11)23-8-16(20)21)10-1-3-12-9(5-10)2-4-15(12)22/h1,3,5-7,15-16,22H,2,4,8H2/q-1. The van der Waals surface area contributed by atoms with Crippen molar-refractivity contribution in [1.29, 1.82) is 0 Å². The van der Waals surface area contributed by atoms with Crippen molar-refractivity contribution in [2.75, 3.05) is 6.61 Å². The van der Waals surface area contributed by atoms with Gasteiger partial charge in [0, 0.05) is 10.6 Å². The van der Waals surface area contributed by atoms with Crippen LogP contribution in [0.4, 0.5) is 8.78 Å². The first-order valence-corrected chi connectivity index (χ1v) is 7.95. The van der Waals surface area contributed by atoms with Gasteiger partial charge in [0.15, 0.2) is 0 Å². The number of halogens is 4. The van der Waals surface area contributed by atoms with Gasteiger partial charge in [-0.2, -0.15) is 0 Å². The predicted octanol–water partition coefficient (Wildman–Crippen LogP) is 6.34. The molecule has 2 nitrogen and oxygen atoms in total. The van der Waals surface area contributed by atoms with E-state index in [0.717, 1.165) is 29.5 Å². The fourth-order valence-electron chi connectivity index (χ4n) is 2.85. The van der Waals surface area contributed by atoms with Crippen LogP contribution in [0.2, 0.25) is 10.0 Å². The molecule has 6 heteroatoms. The third-order valence-corrected chi connectivity index (χ3v) is 4.39. The van der Waals surface area contributed by atoms with E-state index in [1.807, 2.05) is 18.2 Å². The van der Waals surface area contributed by atoms with Crippen molar-refractivity contribution >= 4 is 23.2 Å². The molecule has 2 aromatic carbocycles. The maximum atomic E-state index is 12.5. The smallest absolute Gasteiger partial charge is 0.272 e. The third kappa shape index (κ3) is 3.44. The summed E-state index contributed by atoms with van der Waals surface area (Å²) in [5.74, 6) is 0.205. The zero-order chi connectivity index (χ0) is 16.6. The number of alkyl halides is 2. The average molecular weight is 357 g/mol. The van der Waals surface area contributed by atoms with Gasteiger partial charge in [-0.1, -0.05) is 53.4 Å². The molecular formula is C17H14Cl2F2NO-. The summed E-state index contributed by atoms with van der Waals surface area (Å²) in [6.07, 6.45) is -0.957. The van der Waals surface area contributed by atoms with Crippen LogP contribution in [0.15, 0.2) is 30.3 Å². The summed E-state index contributed by atoms with van der Waals surface area (Å²) in [5.41, 5.74) is 11.4. The Hall–Kier alpha value is -1.36. The third-order valence-electron chi connectivity index (χ3n) is 3.89. The molecule has 0 fully saturated rings.